The molecule has 278 valence electrons. The first-order chi connectivity index (χ1) is 24.9. The molecule has 3 rings (SSSR count). The molecule has 3 aromatic rings. The Bertz CT molecular complexity index is 1470. The van der Waals surface area contributed by atoms with Crippen LogP contribution in [0, 0.1) is 23.5 Å². The first-order valence-corrected chi connectivity index (χ1v) is 19.6. The molecule has 0 unspecified atom stereocenters. The molecule has 0 radical (unpaired) electrons. The number of rotatable bonds is 25. The van der Waals surface area contributed by atoms with Crippen LogP contribution in [0.1, 0.15) is 164 Å². The normalized spacial score (nSPS) is 11.5. The third-order valence-electron chi connectivity index (χ3n) is 9.06. The number of halogens is 2. The molecular weight excluding hydrogens is 642 g/mol. The third-order valence-corrected chi connectivity index (χ3v) is 9.06. The molecule has 0 amide bonds. The number of hydrogen-bond donors (Lipinski definition) is 0. The molecule has 4 nitrogen and oxygen atoms in total. The Balaban J connectivity index is 1.33. The Morgan fingerprint density at radius 1 is 0.608 bits per heavy atom. The molecule has 0 saturated carbocycles. The second kappa shape index (κ2) is 25.2. The zero-order valence-electron chi connectivity index (χ0n) is 31.4. The summed E-state index contributed by atoms with van der Waals surface area (Å²) in [4.78, 5) is 12.7. The number of unbranched alkanes of at least 4 members (excludes halogenated alkanes) is 16. The van der Waals surface area contributed by atoms with Crippen molar-refractivity contribution >= 4 is 5.97 Å². The van der Waals surface area contributed by atoms with Gasteiger partial charge in [0.05, 0.1) is 18.3 Å². The second-order valence-electron chi connectivity index (χ2n) is 13.7. The van der Waals surface area contributed by atoms with Gasteiger partial charge >= 0.3 is 5.97 Å². The van der Waals surface area contributed by atoms with Crippen LogP contribution in [0.5, 0.6) is 17.2 Å². The molecule has 0 aliphatic rings. The average molecular weight is 703 g/mol. The zero-order valence-corrected chi connectivity index (χ0v) is 31.4. The van der Waals surface area contributed by atoms with Gasteiger partial charge in [0.15, 0.2) is 23.1 Å². The highest BCUT2D eigenvalue weighted by molar-refractivity contribution is 5.91. The Morgan fingerprint density at radius 2 is 1.12 bits per heavy atom. The molecule has 3 aromatic carbocycles. The van der Waals surface area contributed by atoms with Crippen molar-refractivity contribution in [3.8, 4) is 29.1 Å². The fraction of sp³-hybridized carbons (Fsp3) is 0.533. The van der Waals surface area contributed by atoms with Gasteiger partial charge in [0.2, 0.25) is 0 Å². The van der Waals surface area contributed by atoms with Crippen LogP contribution in [0.4, 0.5) is 8.78 Å². The van der Waals surface area contributed by atoms with Crippen LogP contribution in [-0.4, -0.2) is 18.7 Å². The first-order valence-electron chi connectivity index (χ1n) is 19.6. The molecule has 0 N–H and O–H groups in total. The van der Waals surface area contributed by atoms with Crippen LogP contribution >= 0.6 is 0 Å². The van der Waals surface area contributed by atoms with Crippen molar-refractivity contribution in [2.45, 2.75) is 149 Å². The smallest absolute Gasteiger partial charge is 0.343 e. The Morgan fingerprint density at radius 3 is 1.71 bits per heavy atom. The standard InChI is InChI=1S/C45H60F2O4/c1-4-6-8-10-11-12-13-14-15-16-17-18-19-21-33-49-43-32-28-39(35-42(43)47)45(48)51-40-29-25-37(26-30-40)23-24-38-27-31-44(41(46)34-38)50-36(3)22-20-9-7-5-2/h25-32,34-36H,4-22,33H2,1-3H3/t36-/m0/s1. The quantitative estimate of drug-likeness (QED) is 0.0382. The van der Waals surface area contributed by atoms with Gasteiger partial charge in [-0.1, -0.05) is 128 Å². The molecule has 0 spiro atoms. The van der Waals surface area contributed by atoms with E-state index in [1.807, 2.05) is 6.92 Å². The van der Waals surface area contributed by atoms with E-state index in [1.54, 1.807) is 36.4 Å². The molecule has 0 heterocycles. The predicted molar refractivity (Wildman–Crippen MR) is 205 cm³/mol. The van der Waals surface area contributed by atoms with Crippen LogP contribution in [-0.2, 0) is 0 Å². The highest BCUT2D eigenvalue weighted by Crippen LogP contribution is 2.23. The number of esters is 1. The van der Waals surface area contributed by atoms with E-state index < -0.39 is 17.6 Å². The van der Waals surface area contributed by atoms with E-state index in [-0.39, 0.29) is 23.2 Å². The van der Waals surface area contributed by atoms with Crippen molar-refractivity contribution in [2.24, 2.45) is 0 Å². The lowest BCUT2D eigenvalue weighted by molar-refractivity contribution is 0.0734. The maximum atomic E-state index is 14.7. The minimum Gasteiger partial charge on any atom is -0.491 e. The van der Waals surface area contributed by atoms with Crippen molar-refractivity contribution in [2.75, 3.05) is 6.61 Å². The summed E-state index contributed by atoms with van der Waals surface area (Å²) in [5, 5.41) is 0. The van der Waals surface area contributed by atoms with Crippen LogP contribution in [0.25, 0.3) is 0 Å². The summed E-state index contributed by atoms with van der Waals surface area (Å²) in [6, 6.07) is 15.5. The molecule has 0 fully saturated rings. The summed E-state index contributed by atoms with van der Waals surface area (Å²) in [5.74, 6) is 4.95. The minimum atomic E-state index is -0.667. The van der Waals surface area contributed by atoms with E-state index in [1.165, 1.54) is 108 Å². The number of hydrogen-bond acceptors (Lipinski definition) is 4. The minimum absolute atomic E-state index is 0.0538. The summed E-state index contributed by atoms with van der Waals surface area (Å²) in [5.41, 5.74) is 1.29. The van der Waals surface area contributed by atoms with E-state index in [9.17, 15) is 13.6 Å². The fourth-order valence-electron chi connectivity index (χ4n) is 5.95. The molecule has 0 bridgehead atoms. The van der Waals surface area contributed by atoms with Gasteiger partial charge in [-0.25, -0.2) is 13.6 Å². The molecular formula is C45H60F2O4. The van der Waals surface area contributed by atoms with Crippen LogP contribution < -0.4 is 14.2 Å². The predicted octanol–water partition coefficient (Wildman–Crippen LogP) is 13.2. The summed E-state index contributed by atoms with van der Waals surface area (Å²) < 4.78 is 46.2. The van der Waals surface area contributed by atoms with Gasteiger partial charge in [-0.15, -0.1) is 0 Å². The van der Waals surface area contributed by atoms with Gasteiger partial charge in [-0.05, 0) is 86.8 Å². The average Bonchev–Trinajstić information content (AvgIpc) is 3.13. The van der Waals surface area contributed by atoms with Crippen molar-refractivity contribution in [1.29, 1.82) is 0 Å². The lowest BCUT2D eigenvalue weighted by atomic mass is 10.0. The van der Waals surface area contributed by atoms with Gasteiger partial charge in [-0.2, -0.15) is 0 Å². The molecule has 0 aromatic heterocycles. The molecule has 51 heavy (non-hydrogen) atoms. The van der Waals surface area contributed by atoms with Crippen molar-refractivity contribution in [3.05, 3.63) is 89.0 Å². The molecule has 0 aliphatic heterocycles. The summed E-state index contributed by atoms with van der Waals surface area (Å²) in [6.45, 7) is 6.84. The van der Waals surface area contributed by atoms with Gasteiger partial charge in [0.25, 0.3) is 0 Å². The Hall–Kier alpha value is -3.85. The van der Waals surface area contributed by atoms with Crippen molar-refractivity contribution in [3.63, 3.8) is 0 Å². The largest absolute Gasteiger partial charge is 0.491 e. The summed E-state index contributed by atoms with van der Waals surface area (Å²) >= 11 is 0. The lowest BCUT2D eigenvalue weighted by Gasteiger charge is -2.15. The van der Waals surface area contributed by atoms with Crippen LogP contribution in [0.15, 0.2) is 60.7 Å². The van der Waals surface area contributed by atoms with Gasteiger partial charge in [-0.3, -0.25) is 0 Å². The van der Waals surface area contributed by atoms with E-state index in [0.29, 0.717) is 23.5 Å². The van der Waals surface area contributed by atoms with E-state index in [4.69, 9.17) is 14.2 Å². The first kappa shape index (κ1) is 41.6. The van der Waals surface area contributed by atoms with E-state index in [2.05, 4.69) is 25.7 Å². The van der Waals surface area contributed by atoms with Gasteiger partial charge in [0.1, 0.15) is 5.75 Å². The molecule has 1 atom stereocenters. The number of benzene rings is 3. The van der Waals surface area contributed by atoms with Crippen molar-refractivity contribution < 1.29 is 27.8 Å². The highest BCUT2D eigenvalue weighted by atomic mass is 19.1. The summed E-state index contributed by atoms with van der Waals surface area (Å²) in [7, 11) is 0. The Kier molecular flexibility index (Phi) is 20.5. The number of carbonyl (C=O) groups is 1. The summed E-state index contributed by atoms with van der Waals surface area (Å²) in [6.07, 6.45) is 23.3. The third kappa shape index (κ3) is 17.3. The molecule has 0 aliphatic carbocycles. The fourth-order valence-corrected chi connectivity index (χ4v) is 5.95. The van der Waals surface area contributed by atoms with Crippen LogP contribution in [0.2, 0.25) is 0 Å². The maximum absolute atomic E-state index is 14.7. The van der Waals surface area contributed by atoms with E-state index >= 15 is 0 Å². The zero-order chi connectivity index (χ0) is 36.5. The lowest BCUT2D eigenvalue weighted by Crippen LogP contribution is -2.12. The highest BCUT2D eigenvalue weighted by Gasteiger charge is 2.13. The SMILES string of the molecule is CCCCCCCCCCCCCCCCOc1ccc(C(=O)Oc2ccc(C#Cc3ccc(O[C@@H](C)CCCCCC)c(F)c3)cc2)cc1F. The molecule has 6 heteroatoms. The molecule has 0 saturated heterocycles. The van der Waals surface area contributed by atoms with E-state index in [0.717, 1.165) is 38.2 Å². The monoisotopic (exact) mass is 702 g/mol. The van der Waals surface area contributed by atoms with Gasteiger partial charge in [0, 0.05) is 11.1 Å². The second-order valence-corrected chi connectivity index (χ2v) is 13.7. The Labute approximate surface area is 306 Å². The number of ether oxygens (including phenoxy) is 3. The van der Waals surface area contributed by atoms with Crippen LogP contribution in [0.3, 0.4) is 0 Å². The topological polar surface area (TPSA) is 44.8 Å². The maximum Gasteiger partial charge on any atom is 0.343 e. The van der Waals surface area contributed by atoms with Gasteiger partial charge < -0.3 is 14.2 Å². The van der Waals surface area contributed by atoms with Crippen molar-refractivity contribution in [1.82, 2.24) is 0 Å². The number of carbonyl (C=O) groups excluding carboxylic acids is 1.